The monoisotopic (exact) mass is 975 g/mol. The topological polar surface area (TPSA) is 78.9 Å². The Morgan fingerprint density at radius 1 is 0.296 bits per heavy atom. The van der Waals surface area contributed by atoms with Gasteiger partial charge in [-0.3, -0.25) is 14.4 Å². The minimum Gasteiger partial charge on any atom is -0.462 e. The van der Waals surface area contributed by atoms with Crippen LogP contribution in [-0.4, -0.2) is 37.2 Å². The van der Waals surface area contributed by atoms with E-state index >= 15 is 0 Å². The normalized spacial score (nSPS) is 13.5. The second kappa shape index (κ2) is 57.3. The summed E-state index contributed by atoms with van der Waals surface area (Å²) in [4.78, 5) is 38.1. The molecule has 0 heterocycles. The lowest BCUT2D eigenvalue weighted by atomic mass is 10.1. The van der Waals surface area contributed by atoms with Crippen LogP contribution in [0.25, 0.3) is 0 Å². The molecule has 0 aliphatic heterocycles. The molecular formula is C65H98O6. The number of rotatable bonds is 47. The quantitative estimate of drug-likeness (QED) is 0.0199. The molecule has 0 aliphatic rings. The first-order valence-electron chi connectivity index (χ1n) is 27.8. The molecule has 71 heavy (non-hydrogen) atoms. The minimum atomic E-state index is -0.835. The van der Waals surface area contributed by atoms with Crippen LogP contribution < -0.4 is 0 Å². The number of allylic oxidation sites excluding steroid dienone is 28. The summed E-state index contributed by atoms with van der Waals surface area (Å²) in [5, 5.41) is 0. The number of carbonyl (C=O) groups is 3. The maximum Gasteiger partial charge on any atom is 0.306 e. The Kier molecular flexibility index (Phi) is 53.1. The zero-order valence-corrected chi connectivity index (χ0v) is 44.9. The lowest BCUT2D eigenvalue weighted by Gasteiger charge is -2.18. The SMILES string of the molecule is CCC\C=C/C=C\C=C/C=C\C=C/CCCCCCCC(=O)OCC(COC(=O)CCC/C=C\C/C=C\C/C=C\C/C=C\CCCCC)OC(=O)CCCCCCC\C=C/C=C\C=C/C=C\C=C/CCC. The molecular weight excluding hydrogens is 877 g/mol. The van der Waals surface area contributed by atoms with E-state index in [0.717, 1.165) is 116 Å². The Balaban J connectivity index is 4.64. The summed E-state index contributed by atoms with van der Waals surface area (Å²) in [6.07, 6.45) is 84.7. The Bertz CT molecular complexity index is 1690. The van der Waals surface area contributed by atoms with Crippen LogP contribution in [0.4, 0.5) is 0 Å². The zero-order chi connectivity index (χ0) is 51.4. The fraction of sp³-hybridized carbons (Fsp3) is 0.523. The van der Waals surface area contributed by atoms with Crippen LogP contribution in [-0.2, 0) is 28.6 Å². The van der Waals surface area contributed by atoms with E-state index < -0.39 is 6.10 Å². The summed E-state index contributed by atoms with van der Waals surface area (Å²) in [7, 11) is 0. The fourth-order valence-corrected chi connectivity index (χ4v) is 6.73. The lowest BCUT2D eigenvalue weighted by Crippen LogP contribution is -2.30. The third kappa shape index (κ3) is 55.6. The van der Waals surface area contributed by atoms with Crippen LogP contribution in [0.15, 0.2) is 170 Å². The molecule has 0 fully saturated rings. The van der Waals surface area contributed by atoms with Gasteiger partial charge in [0.2, 0.25) is 0 Å². The molecule has 0 N–H and O–H groups in total. The Morgan fingerprint density at radius 3 is 1.03 bits per heavy atom. The molecule has 0 saturated heterocycles. The van der Waals surface area contributed by atoms with Crippen molar-refractivity contribution in [1.82, 2.24) is 0 Å². The first-order valence-corrected chi connectivity index (χ1v) is 27.8. The number of unbranched alkanes of at least 4 members (excludes halogenated alkanes) is 16. The third-order valence-electron chi connectivity index (χ3n) is 10.9. The molecule has 6 nitrogen and oxygen atoms in total. The maximum absolute atomic E-state index is 12.9. The van der Waals surface area contributed by atoms with Gasteiger partial charge in [-0.05, 0) is 96.3 Å². The molecule has 1 unspecified atom stereocenters. The number of ether oxygens (including phenoxy) is 3. The van der Waals surface area contributed by atoms with Crippen LogP contribution in [0.2, 0.25) is 0 Å². The average Bonchev–Trinajstić information content (AvgIpc) is 3.37. The largest absolute Gasteiger partial charge is 0.462 e. The summed E-state index contributed by atoms with van der Waals surface area (Å²) < 4.78 is 16.8. The van der Waals surface area contributed by atoms with Crippen molar-refractivity contribution in [3.63, 3.8) is 0 Å². The van der Waals surface area contributed by atoms with Crippen LogP contribution >= 0.6 is 0 Å². The van der Waals surface area contributed by atoms with E-state index in [1.165, 1.54) is 38.5 Å². The van der Waals surface area contributed by atoms with Gasteiger partial charge in [0.25, 0.3) is 0 Å². The van der Waals surface area contributed by atoms with Crippen molar-refractivity contribution in [2.45, 2.75) is 207 Å². The van der Waals surface area contributed by atoms with E-state index in [4.69, 9.17) is 14.2 Å². The molecule has 0 rings (SSSR count). The van der Waals surface area contributed by atoms with E-state index in [2.05, 4.69) is 118 Å². The molecule has 0 aliphatic carbocycles. The molecule has 0 bridgehead atoms. The Hall–Kier alpha value is -5.23. The van der Waals surface area contributed by atoms with Gasteiger partial charge in [-0.15, -0.1) is 0 Å². The summed E-state index contributed by atoms with van der Waals surface area (Å²) in [6.45, 7) is 6.32. The lowest BCUT2D eigenvalue weighted by molar-refractivity contribution is -0.167. The predicted molar refractivity (Wildman–Crippen MR) is 306 cm³/mol. The van der Waals surface area contributed by atoms with Gasteiger partial charge in [0.1, 0.15) is 13.2 Å². The molecule has 0 saturated carbocycles. The van der Waals surface area contributed by atoms with Crippen LogP contribution in [0.5, 0.6) is 0 Å². The van der Waals surface area contributed by atoms with Crippen molar-refractivity contribution >= 4 is 17.9 Å². The molecule has 0 spiro atoms. The van der Waals surface area contributed by atoms with Crippen molar-refractivity contribution in [1.29, 1.82) is 0 Å². The number of carbonyl (C=O) groups excluding carboxylic acids is 3. The van der Waals surface area contributed by atoms with E-state index in [1.54, 1.807) is 0 Å². The third-order valence-corrected chi connectivity index (χ3v) is 10.9. The highest BCUT2D eigenvalue weighted by molar-refractivity contribution is 5.71. The van der Waals surface area contributed by atoms with Crippen LogP contribution in [0, 0.1) is 0 Å². The van der Waals surface area contributed by atoms with Crippen molar-refractivity contribution in [2.75, 3.05) is 13.2 Å². The van der Waals surface area contributed by atoms with Crippen molar-refractivity contribution in [3.05, 3.63) is 170 Å². The summed E-state index contributed by atoms with van der Waals surface area (Å²) >= 11 is 0. The zero-order valence-electron chi connectivity index (χ0n) is 44.9. The van der Waals surface area contributed by atoms with Gasteiger partial charge in [0.05, 0.1) is 0 Å². The maximum atomic E-state index is 12.9. The average molecular weight is 975 g/mol. The van der Waals surface area contributed by atoms with E-state index in [1.807, 2.05) is 72.9 Å². The van der Waals surface area contributed by atoms with Gasteiger partial charge < -0.3 is 14.2 Å². The van der Waals surface area contributed by atoms with Gasteiger partial charge in [0.15, 0.2) is 6.10 Å². The van der Waals surface area contributed by atoms with Gasteiger partial charge in [-0.25, -0.2) is 0 Å². The number of hydrogen-bond donors (Lipinski definition) is 0. The van der Waals surface area contributed by atoms with Crippen molar-refractivity contribution in [2.24, 2.45) is 0 Å². The van der Waals surface area contributed by atoms with E-state index in [0.29, 0.717) is 12.8 Å². The number of esters is 3. The molecule has 1 atom stereocenters. The molecule has 6 heteroatoms. The van der Waals surface area contributed by atoms with Gasteiger partial charge in [0, 0.05) is 19.3 Å². The van der Waals surface area contributed by atoms with Gasteiger partial charge in [-0.2, -0.15) is 0 Å². The molecule has 0 aromatic heterocycles. The Morgan fingerprint density at radius 2 is 0.606 bits per heavy atom. The highest BCUT2D eigenvalue weighted by atomic mass is 16.6. The molecule has 0 aromatic carbocycles. The first-order chi connectivity index (χ1) is 35.0. The van der Waals surface area contributed by atoms with Crippen LogP contribution in [0.1, 0.15) is 201 Å². The molecule has 0 radical (unpaired) electrons. The Labute approximate surface area is 434 Å². The predicted octanol–water partition coefficient (Wildman–Crippen LogP) is 18.8. The van der Waals surface area contributed by atoms with Crippen molar-refractivity contribution < 1.29 is 28.6 Å². The van der Waals surface area contributed by atoms with Gasteiger partial charge >= 0.3 is 17.9 Å². The summed E-state index contributed by atoms with van der Waals surface area (Å²) in [5.41, 5.74) is 0. The highest BCUT2D eigenvalue weighted by Crippen LogP contribution is 2.12. The standard InChI is InChI=1S/C65H98O6/c1-4-7-10-13-16-19-22-25-28-31-34-37-40-43-46-49-52-55-58-64(67)70-61-62(60-69-63(66)57-54-51-48-45-42-39-36-33-30-27-24-21-18-15-12-9-6-3)71-65(68)59-56-53-50-47-44-41-38-35-32-29-26-23-20-17-14-11-8-5-2/h10-11,13-14,16-23,25-32,34-39,45,48,62H,4-9,12,15,24,33,40-44,46-47,49-61H2,1-3H3/b13-10-,14-11-,19-16-,20-17-,21-18-,25-22-,26-23-,30-27-,31-28-,32-29-,37-34-,38-35-,39-36-,48-45-. The molecule has 0 amide bonds. The highest BCUT2D eigenvalue weighted by Gasteiger charge is 2.19. The molecule has 394 valence electrons. The second-order valence-corrected chi connectivity index (χ2v) is 17.7. The fourth-order valence-electron chi connectivity index (χ4n) is 6.73. The first kappa shape index (κ1) is 65.8. The second-order valence-electron chi connectivity index (χ2n) is 17.7. The van der Waals surface area contributed by atoms with E-state index in [-0.39, 0.29) is 44.0 Å². The summed E-state index contributed by atoms with van der Waals surface area (Å²) in [6, 6.07) is 0. The minimum absolute atomic E-state index is 0.128. The molecule has 0 aromatic rings. The summed E-state index contributed by atoms with van der Waals surface area (Å²) in [5.74, 6) is -1.05. The smallest absolute Gasteiger partial charge is 0.306 e. The van der Waals surface area contributed by atoms with E-state index in [9.17, 15) is 14.4 Å². The van der Waals surface area contributed by atoms with Crippen LogP contribution in [0.3, 0.4) is 0 Å². The van der Waals surface area contributed by atoms with Crippen molar-refractivity contribution in [3.8, 4) is 0 Å². The van der Waals surface area contributed by atoms with Gasteiger partial charge in [-0.1, -0.05) is 255 Å². The number of hydrogen-bond acceptors (Lipinski definition) is 6.